The highest BCUT2D eigenvalue weighted by molar-refractivity contribution is 5.88. The molecule has 1 N–H and O–H groups in total. The van der Waals surface area contributed by atoms with Crippen molar-refractivity contribution in [2.24, 2.45) is 0 Å². The van der Waals surface area contributed by atoms with E-state index in [1.54, 1.807) is 6.07 Å². The number of piperazine rings is 1. The Balaban J connectivity index is 1.51. The van der Waals surface area contributed by atoms with Crippen LogP contribution in [0.5, 0.6) is 5.75 Å². The van der Waals surface area contributed by atoms with Crippen LogP contribution in [0.25, 0.3) is 0 Å². The van der Waals surface area contributed by atoms with E-state index in [1.807, 2.05) is 25.1 Å². The molecule has 6 heteroatoms. The Kier molecular flexibility index (Phi) is 7.36. The van der Waals surface area contributed by atoms with Crippen LogP contribution in [0.2, 0.25) is 0 Å². The summed E-state index contributed by atoms with van der Waals surface area (Å²) in [5.41, 5.74) is 3.19. The van der Waals surface area contributed by atoms with Crippen LogP contribution in [-0.2, 0) is 0 Å². The summed E-state index contributed by atoms with van der Waals surface area (Å²) in [5, 5.41) is 9.69. The summed E-state index contributed by atoms with van der Waals surface area (Å²) in [7, 11) is 0. The molecular weight excluding hydrogens is 366 g/mol. The molecule has 0 unspecified atom stereocenters. The molecule has 3 rings (SSSR count). The number of nitrogens with zero attached hydrogens (tertiary/aromatic N) is 3. The molecule has 2 aromatic carbocycles. The number of para-hydroxylation sites is 2. The second kappa shape index (κ2) is 10.2. The van der Waals surface area contributed by atoms with Crippen molar-refractivity contribution in [1.29, 1.82) is 0 Å². The molecule has 1 aliphatic heterocycles. The minimum atomic E-state index is -0.943. The summed E-state index contributed by atoms with van der Waals surface area (Å²) in [6.07, 6.45) is -0.154. The van der Waals surface area contributed by atoms with Gasteiger partial charge in [-0.3, -0.25) is 9.80 Å². The SMILES string of the molecule is CCOc1ccccc1N(CCCN1CCN(c2cccc(C)c2)CC1)C(=O)O. The molecule has 6 nitrogen and oxygen atoms in total. The number of rotatable bonds is 8. The molecule has 1 heterocycles. The number of aryl methyl sites for hydroxylation is 1. The zero-order valence-electron chi connectivity index (χ0n) is 17.4. The summed E-state index contributed by atoms with van der Waals surface area (Å²) < 4.78 is 5.61. The quantitative estimate of drug-likeness (QED) is 0.727. The van der Waals surface area contributed by atoms with E-state index in [0.717, 1.165) is 39.1 Å². The summed E-state index contributed by atoms with van der Waals surface area (Å²) in [6, 6.07) is 16.0. The standard InChI is InChI=1S/C23H31N3O3/c1-3-29-22-11-5-4-10-21(22)26(23(27)28)13-7-12-24-14-16-25(17-15-24)20-9-6-8-19(2)18-20/h4-6,8-11,18H,3,7,12-17H2,1-2H3,(H,27,28). The van der Waals surface area contributed by atoms with Crippen LogP contribution in [0.15, 0.2) is 48.5 Å². The Morgan fingerprint density at radius 3 is 2.55 bits per heavy atom. The third-order valence-corrected chi connectivity index (χ3v) is 5.28. The number of benzene rings is 2. The molecule has 0 radical (unpaired) electrons. The molecule has 29 heavy (non-hydrogen) atoms. The molecular formula is C23H31N3O3. The molecule has 0 aliphatic carbocycles. The largest absolute Gasteiger partial charge is 0.492 e. The lowest BCUT2D eigenvalue weighted by Gasteiger charge is -2.36. The van der Waals surface area contributed by atoms with E-state index < -0.39 is 6.09 Å². The minimum Gasteiger partial charge on any atom is -0.492 e. The topological polar surface area (TPSA) is 56.2 Å². The first-order chi connectivity index (χ1) is 14.1. The van der Waals surface area contributed by atoms with Gasteiger partial charge in [-0.15, -0.1) is 0 Å². The van der Waals surface area contributed by atoms with E-state index in [9.17, 15) is 9.90 Å². The molecule has 1 amide bonds. The normalized spacial score (nSPS) is 14.6. The fourth-order valence-corrected chi connectivity index (χ4v) is 3.78. The van der Waals surface area contributed by atoms with Gasteiger partial charge in [0.25, 0.3) is 0 Å². The molecule has 0 spiro atoms. The highest BCUT2D eigenvalue weighted by Crippen LogP contribution is 2.28. The summed E-state index contributed by atoms with van der Waals surface area (Å²) >= 11 is 0. The van der Waals surface area contributed by atoms with Gasteiger partial charge >= 0.3 is 6.09 Å². The van der Waals surface area contributed by atoms with Gasteiger partial charge in [0.15, 0.2) is 0 Å². The first-order valence-electron chi connectivity index (χ1n) is 10.3. The van der Waals surface area contributed by atoms with Crippen molar-refractivity contribution in [2.45, 2.75) is 20.3 Å². The molecule has 0 aromatic heterocycles. The Morgan fingerprint density at radius 2 is 1.86 bits per heavy atom. The number of ether oxygens (including phenoxy) is 1. The highest BCUT2D eigenvalue weighted by Gasteiger charge is 2.20. The van der Waals surface area contributed by atoms with Crippen LogP contribution in [-0.4, -0.2) is 62.0 Å². The monoisotopic (exact) mass is 397 g/mol. The first kappa shape index (κ1) is 21.0. The average Bonchev–Trinajstić information content (AvgIpc) is 2.72. The number of anilines is 2. The third-order valence-electron chi connectivity index (χ3n) is 5.28. The van der Waals surface area contributed by atoms with E-state index in [0.29, 0.717) is 24.6 Å². The van der Waals surface area contributed by atoms with Crippen molar-refractivity contribution >= 4 is 17.5 Å². The maximum absolute atomic E-state index is 11.8. The fourth-order valence-electron chi connectivity index (χ4n) is 3.78. The van der Waals surface area contributed by atoms with Crippen LogP contribution >= 0.6 is 0 Å². The predicted octanol–water partition coefficient (Wildman–Crippen LogP) is 4.09. The van der Waals surface area contributed by atoms with Gasteiger partial charge in [-0.2, -0.15) is 0 Å². The Bertz CT molecular complexity index is 803. The third kappa shape index (κ3) is 5.64. The van der Waals surface area contributed by atoms with Gasteiger partial charge in [-0.25, -0.2) is 4.79 Å². The first-order valence-corrected chi connectivity index (χ1v) is 10.3. The zero-order chi connectivity index (χ0) is 20.6. The number of carboxylic acid groups (broad SMARTS) is 1. The lowest BCUT2D eigenvalue weighted by atomic mass is 10.2. The predicted molar refractivity (Wildman–Crippen MR) is 117 cm³/mol. The smallest absolute Gasteiger partial charge is 0.411 e. The summed E-state index contributed by atoms with van der Waals surface area (Å²) in [4.78, 5) is 18.1. The second-order valence-corrected chi connectivity index (χ2v) is 7.36. The molecule has 156 valence electrons. The van der Waals surface area contributed by atoms with E-state index in [-0.39, 0.29) is 0 Å². The maximum Gasteiger partial charge on any atom is 0.411 e. The molecule has 1 aliphatic rings. The van der Waals surface area contributed by atoms with Gasteiger partial charge in [0, 0.05) is 38.4 Å². The second-order valence-electron chi connectivity index (χ2n) is 7.36. The van der Waals surface area contributed by atoms with E-state index in [1.165, 1.54) is 16.2 Å². The van der Waals surface area contributed by atoms with Gasteiger partial charge in [-0.05, 0) is 56.6 Å². The van der Waals surface area contributed by atoms with Crippen LogP contribution in [0.4, 0.5) is 16.2 Å². The molecule has 0 atom stereocenters. The van der Waals surface area contributed by atoms with Gasteiger partial charge in [0.1, 0.15) is 5.75 Å². The van der Waals surface area contributed by atoms with E-state index >= 15 is 0 Å². The number of hydrogen-bond donors (Lipinski definition) is 1. The lowest BCUT2D eigenvalue weighted by molar-refractivity contribution is 0.200. The molecule has 0 bridgehead atoms. The van der Waals surface area contributed by atoms with Crippen molar-refractivity contribution in [1.82, 2.24) is 4.90 Å². The van der Waals surface area contributed by atoms with Crippen molar-refractivity contribution in [3.63, 3.8) is 0 Å². The van der Waals surface area contributed by atoms with Crippen molar-refractivity contribution in [3.8, 4) is 5.75 Å². The maximum atomic E-state index is 11.8. The molecule has 2 aromatic rings. The Hall–Kier alpha value is -2.73. The summed E-state index contributed by atoms with van der Waals surface area (Å²) in [6.45, 7) is 9.87. The summed E-state index contributed by atoms with van der Waals surface area (Å²) in [5.74, 6) is 0.615. The number of amides is 1. The van der Waals surface area contributed by atoms with Gasteiger partial charge in [0.2, 0.25) is 0 Å². The van der Waals surface area contributed by atoms with E-state index in [4.69, 9.17) is 4.74 Å². The van der Waals surface area contributed by atoms with Gasteiger partial charge in [-0.1, -0.05) is 24.3 Å². The average molecular weight is 398 g/mol. The zero-order valence-corrected chi connectivity index (χ0v) is 17.4. The van der Waals surface area contributed by atoms with Crippen LogP contribution in [0.1, 0.15) is 18.9 Å². The van der Waals surface area contributed by atoms with Gasteiger partial charge in [0.05, 0.1) is 12.3 Å². The number of hydrogen-bond acceptors (Lipinski definition) is 4. The van der Waals surface area contributed by atoms with Crippen LogP contribution < -0.4 is 14.5 Å². The highest BCUT2D eigenvalue weighted by atomic mass is 16.5. The van der Waals surface area contributed by atoms with Gasteiger partial charge < -0.3 is 14.7 Å². The Labute approximate surface area is 173 Å². The lowest BCUT2D eigenvalue weighted by Crippen LogP contribution is -2.47. The fraction of sp³-hybridized carbons (Fsp3) is 0.435. The van der Waals surface area contributed by atoms with E-state index in [2.05, 4.69) is 41.0 Å². The van der Waals surface area contributed by atoms with Crippen molar-refractivity contribution < 1.29 is 14.6 Å². The molecule has 1 saturated heterocycles. The molecule has 1 fully saturated rings. The van der Waals surface area contributed by atoms with Crippen molar-refractivity contribution in [3.05, 3.63) is 54.1 Å². The van der Waals surface area contributed by atoms with Crippen LogP contribution in [0, 0.1) is 6.92 Å². The molecule has 0 saturated carbocycles. The minimum absolute atomic E-state index is 0.456. The number of carbonyl (C=O) groups is 1. The Morgan fingerprint density at radius 1 is 1.10 bits per heavy atom. The van der Waals surface area contributed by atoms with Crippen LogP contribution in [0.3, 0.4) is 0 Å². The van der Waals surface area contributed by atoms with Crippen molar-refractivity contribution in [2.75, 3.05) is 55.7 Å².